The van der Waals surface area contributed by atoms with Crippen molar-refractivity contribution in [3.05, 3.63) is 65.5 Å². The van der Waals surface area contributed by atoms with Crippen molar-refractivity contribution in [2.24, 2.45) is 0 Å². The van der Waals surface area contributed by atoms with Gasteiger partial charge < -0.3 is 14.0 Å². The largest absolute Gasteiger partial charge is 0.465 e. The number of aromatic nitrogens is 2. The summed E-state index contributed by atoms with van der Waals surface area (Å²) in [6.07, 6.45) is 0.367. The number of rotatable bonds is 6. The van der Waals surface area contributed by atoms with Crippen molar-refractivity contribution < 1.29 is 23.6 Å². The number of esters is 2. The van der Waals surface area contributed by atoms with E-state index >= 15 is 0 Å². The van der Waals surface area contributed by atoms with Crippen LogP contribution in [0.15, 0.2) is 53.1 Å². The highest BCUT2D eigenvalue weighted by atomic mass is 16.5. The summed E-state index contributed by atoms with van der Waals surface area (Å²) in [6, 6.07) is 13.9. The van der Waals surface area contributed by atoms with Gasteiger partial charge in [0, 0.05) is 12.0 Å². The van der Waals surface area contributed by atoms with Crippen LogP contribution < -0.4 is 4.74 Å². The fourth-order valence-electron chi connectivity index (χ4n) is 2.34. The number of carbonyl (C=O) groups is 2. The maximum Gasteiger partial charge on any atom is 0.337 e. The minimum Gasteiger partial charge on any atom is -0.465 e. The van der Waals surface area contributed by atoms with Crippen molar-refractivity contribution in [2.45, 2.75) is 19.8 Å². The van der Waals surface area contributed by atoms with Crippen molar-refractivity contribution in [3.8, 4) is 17.1 Å². The number of hydrogen-bond donors (Lipinski definition) is 0. The third-order valence-corrected chi connectivity index (χ3v) is 3.83. The fourth-order valence-corrected chi connectivity index (χ4v) is 2.34. The van der Waals surface area contributed by atoms with Gasteiger partial charge in [0.25, 0.3) is 0 Å². The summed E-state index contributed by atoms with van der Waals surface area (Å²) in [4.78, 5) is 27.6. The number of hydrogen-bond acceptors (Lipinski definition) is 7. The van der Waals surface area contributed by atoms with E-state index in [2.05, 4.69) is 14.9 Å². The van der Waals surface area contributed by atoms with Gasteiger partial charge in [0.1, 0.15) is 5.75 Å². The molecular formula is C20H18N2O5. The first kappa shape index (κ1) is 18.3. The standard InChI is InChI=1S/C20H18N2O5/c1-13-3-5-14(6-4-13)19-21-17(27-22-19)11-12-18(23)26-16-9-7-15(8-10-16)20(24)25-2/h3-10H,11-12H2,1-2H3. The van der Waals surface area contributed by atoms with Gasteiger partial charge in [-0.3, -0.25) is 4.79 Å². The molecule has 138 valence electrons. The van der Waals surface area contributed by atoms with E-state index in [0.717, 1.165) is 11.1 Å². The summed E-state index contributed by atoms with van der Waals surface area (Å²) in [6.45, 7) is 2.00. The van der Waals surface area contributed by atoms with Crippen molar-refractivity contribution in [1.29, 1.82) is 0 Å². The average Bonchev–Trinajstić information content (AvgIpc) is 3.16. The Morgan fingerprint density at radius 3 is 2.41 bits per heavy atom. The second kappa shape index (κ2) is 8.27. The predicted molar refractivity (Wildman–Crippen MR) is 96.2 cm³/mol. The van der Waals surface area contributed by atoms with Gasteiger partial charge in [0.05, 0.1) is 19.1 Å². The van der Waals surface area contributed by atoms with Gasteiger partial charge in [0.2, 0.25) is 11.7 Å². The summed E-state index contributed by atoms with van der Waals surface area (Å²) < 4.78 is 15.0. The van der Waals surface area contributed by atoms with E-state index < -0.39 is 11.9 Å². The Morgan fingerprint density at radius 1 is 1.04 bits per heavy atom. The van der Waals surface area contributed by atoms with E-state index in [1.165, 1.54) is 31.4 Å². The first-order valence-electron chi connectivity index (χ1n) is 8.34. The Labute approximate surface area is 155 Å². The van der Waals surface area contributed by atoms with Crippen molar-refractivity contribution in [2.75, 3.05) is 7.11 Å². The highest BCUT2D eigenvalue weighted by molar-refractivity contribution is 5.89. The smallest absolute Gasteiger partial charge is 0.337 e. The van der Waals surface area contributed by atoms with Gasteiger partial charge in [-0.2, -0.15) is 4.98 Å². The van der Waals surface area contributed by atoms with Crippen LogP contribution in [0.2, 0.25) is 0 Å². The Kier molecular flexibility index (Phi) is 5.61. The molecule has 0 N–H and O–H groups in total. The zero-order valence-electron chi connectivity index (χ0n) is 15.0. The second-order valence-electron chi connectivity index (χ2n) is 5.87. The van der Waals surface area contributed by atoms with Crippen LogP contribution in [0.3, 0.4) is 0 Å². The molecule has 1 heterocycles. The molecule has 7 heteroatoms. The second-order valence-corrected chi connectivity index (χ2v) is 5.87. The number of benzene rings is 2. The first-order chi connectivity index (χ1) is 13.0. The maximum atomic E-state index is 12.0. The first-order valence-corrected chi connectivity index (χ1v) is 8.34. The van der Waals surface area contributed by atoms with Crippen LogP contribution in [0, 0.1) is 6.92 Å². The Morgan fingerprint density at radius 2 is 1.74 bits per heavy atom. The van der Waals surface area contributed by atoms with E-state index in [9.17, 15) is 9.59 Å². The molecule has 0 aliphatic rings. The molecule has 1 aromatic heterocycles. The molecule has 3 aromatic rings. The monoisotopic (exact) mass is 366 g/mol. The SMILES string of the molecule is COC(=O)c1ccc(OC(=O)CCc2nc(-c3ccc(C)cc3)no2)cc1. The number of methoxy groups -OCH3 is 1. The summed E-state index contributed by atoms with van der Waals surface area (Å²) >= 11 is 0. The summed E-state index contributed by atoms with van der Waals surface area (Å²) in [5.74, 6) is 0.309. The summed E-state index contributed by atoms with van der Waals surface area (Å²) in [5.41, 5.74) is 2.38. The molecule has 0 aliphatic carbocycles. The number of aryl methyl sites for hydroxylation is 2. The molecule has 0 aliphatic heterocycles. The molecule has 7 nitrogen and oxygen atoms in total. The molecule has 27 heavy (non-hydrogen) atoms. The Balaban J connectivity index is 1.53. The molecule has 0 bridgehead atoms. The zero-order chi connectivity index (χ0) is 19.2. The van der Waals surface area contributed by atoms with E-state index in [-0.39, 0.29) is 12.8 Å². The highest BCUT2D eigenvalue weighted by Crippen LogP contribution is 2.17. The number of ether oxygens (including phenoxy) is 2. The predicted octanol–water partition coefficient (Wildman–Crippen LogP) is 3.37. The van der Waals surface area contributed by atoms with Crippen molar-refractivity contribution in [3.63, 3.8) is 0 Å². The van der Waals surface area contributed by atoms with Crippen LogP contribution in [0.25, 0.3) is 11.4 Å². The van der Waals surface area contributed by atoms with Crippen molar-refractivity contribution >= 4 is 11.9 Å². The summed E-state index contributed by atoms with van der Waals surface area (Å²) in [5, 5.41) is 3.93. The van der Waals surface area contributed by atoms with E-state index in [4.69, 9.17) is 9.26 Å². The van der Waals surface area contributed by atoms with Gasteiger partial charge >= 0.3 is 11.9 Å². The molecule has 0 radical (unpaired) electrons. The fraction of sp³-hybridized carbons (Fsp3) is 0.200. The van der Waals surface area contributed by atoms with Crippen LogP contribution >= 0.6 is 0 Å². The number of carbonyl (C=O) groups excluding carboxylic acids is 2. The molecule has 0 amide bonds. The molecule has 0 fully saturated rings. The van der Waals surface area contributed by atoms with E-state index in [0.29, 0.717) is 23.0 Å². The van der Waals surface area contributed by atoms with Crippen LogP contribution in [0.4, 0.5) is 0 Å². The lowest BCUT2D eigenvalue weighted by Gasteiger charge is -2.04. The number of nitrogens with zero attached hydrogens (tertiary/aromatic N) is 2. The molecule has 0 unspecified atom stereocenters. The third-order valence-electron chi connectivity index (χ3n) is 3.83. The van der Waals surface area contributed by atoms with Crippen LogP contribution in [0.5, 0.6) is 5.75 Å². The van der Waals surface area contributed by atoms with Gasteiger partial charge in [-0.1, -0.05) is 35.0 Å². The molecule has 0 spiro atoms. The third kappa shape index (κ3) is 4.78. The van der Waals surface area contributed by atoms with Crippen molar-refractivity contribution in [1.82, 2.24) is 10.1 Å². The molecule has 0 atom stereocenters. The van der Waals surface area contributed by atoms with Gasteiger partial charge in [-0.15, -0.1) is 0 Å². The minimum absolute atomic E-state index is 0.0916. The topological polar surface area (TPSA) is 91.5 Å². The van der Waals surface area contributed by atoms with Crippen LogP contribution in [0.1, 0.15) is 28.2 Å². The Bertz CT molecular complexity index is 930. The average molecular weight is 366 g/mol. The van der Waals surface area contributed by atoms with Gasteiger partial charge in [-0.25, -0.2) is 4.79 Å². The lowest BCUT2D eigenvalue weighted by atomic mass is 10.1. The van der Waals surface area contributed by atoms with Crippen LogP contribution in [-0.2, 0) is 16.0 Å². The van der Waals surface area contributed by atoms with E-state index in [1.807, 2.05) is 31.2 Å². The lowest BCUT2D eigenvalue weighted by molar-refractivity contribution is -0.134. The summed E-state index contributed by atoms with van der Waals surface area (Å²) in [7, 11) is 1.30. The highest BCUT2D eigenvalue weighted by Gasteiger charge is 2.12. The maximum absolute atomic E-state index is 12.0. The minimum atomic E-state index is -0.450. The van der Waals surface area contributed by atoms with Crippen LogP contribution in [-0.4, -0.2) is 29.2 Å². The van der Waals surface area contributed by atoms with Gasteiger partial charge in [-0.05, 0) is 31.2 Å². The molecule has 3 rings (SSSR count). The molecule has 0 saturated carbocycles. The molecule has 2 aromatic carbocycles. The normalized spacial score (nSPS) is 10.4. The van der Waals surface area contributed by atoms with E-state index in [1.54, 1.807) is 0 Å². The quantitative estimate of drug-likeness (QED) is 0.488. The van der Waals surface area contributed by atoms with Gasteiger partial charge in [0.15, 0.2) is 0 Å². The molecule has 0 saturated heterocycles. The molecular weight excluding hydrogens is 348 g/mol. The Hall–Kier alpha value is -3.48. The zero-order valence-corrected chi connectivity index (χ0v) is 15.0. The lowest BCUT2D eigenvalue weighted by Crippen LogP contribution is -2.09.